The molecule has 2 rings (SSSR count). The summed E-state index contributed by atoms with van der Waals surface area (Å²) in [5.41, 5.74) is 1.22. The van der Waals surface area contributed by atoms with Gasteiger partial charge in [-0.2, -0.15) is 0 Å². The molecule has 94 valence electrons. The van der Waals surface area contributed by atoms with Gasteiger partial charge in [0.1, 0.15) is 6.54 Å². The van der Waals surface area contributed by atoms with Crippen molar-refractivity contribution >= 4 is 23.2 Å². The smallest absolute Gasteiger partial charge is 0.323 e. The number of fused-ring (bicyclic) bond motifs is 1. The first-order chi connectivity index (χ1) is 8.61. The summed E-state index contributed by atoms with van der Waals surface area (Å²) in [6.07, 6.45) is 8.32. The van der Waals surface area contributed by atoms with E-state index in [4.69, 9.17) is 11.5 Å². The van der Waals surface area contributed by atoms with Gasteiger partial charge in [-0.3, -0.25) is 9.59 Å². The molecule has 1 N–H and O–H groups in total. The second-order valence-corrected chi connectivity index (χ2v) is 5.31. The summed E-state index contributed by atoms with van der Waals surface area (Å²) in [4.78, 5) is 25.9. The highest BCUT2D eigenvalue weighted by Gasteiger charge is 2.23. The van der Waals surface area contributed by atoms with E-state index in [-0.39, 0.29) is 19.0 Å². The highest BCUT2D eigenvalue weighted by Crippen LogP contribution is 2.31. The van der Waals surface area contributed by atoms with E-state index >= 15 is 0 Å². The van der Waals surface area contributed by atoms with Gasteiger partial charge in [0.05, 0.1) is 11.4 Å². The Bertz CT molecular complexity index is 505. The van der Waals surface area contributed by atoms with Crippen molar-refractivity contribution in [1.82, 2.24) is 4.90 Å². The van der Waals surface area contributed by atoms with Crippen LogP contribution in [0.25, 0.3) is 0 Å². The summed E-state index contributed by atoms with van der Waals surface area (Å²) < 4.78 is 0. The summed E-state index contributed by atoms with van der Waals surface area (Å²) in [6, 6.07) is 1.88. The Labute approximate surface area is 109 Å². The minimum atomic E-state index is -1.05. The molecule has 0 atom stereocenters. The molecular weight excluding hydrogens is 250 g/mol. The normalized spacial score (nSPS) is 12.8. The number of carbonyl (C=O) groups excluding carboxylic acids is 1. The van der Waals surface area contributed by atoms with Crippen LogP contribution < -0.4 is 0 Å². The zero-order valence-electron chi connectivity index (χ0n) is 9.81. The number of rotatable bonds is 4. The maximum Gasteiger partial charge on any atom is 0.323 e. The van der Waals surface area contributed by atoms with Crippen LogP contribution in [0.1, 0.15) is 26.5 Å². The van der Waals surface area contributed by atoms with Crippen LogP contribution >= 0.6 is 11.3 Å². The summed E-state index contributed by atoms with van der Waals surface area (Å²) in [5, 5.41) is 8.76. The number of hydrogen-bond acceptors (Lipinski definition) is 3. The maximum absolute atomic E-state index is 12.2. The van der Waals surface area contributed by atoms with Crippen molar-refractivity contribution in [3.8, 4) is 12.3 Å². The van der Waals surface area contributed by atoms with Gasteiger partial charge in [-0.15, -0.1) is 17.8 Å². The molecule has 1 aromatic rings. The molecule has 4 nitrogen and oxygen atoms in total. The van der Waals surface area contributed by atoms with Gasteiger partial charge in [0.2, 0.25) is 0 Å². The van der Waals surface area contributed by atoms with Gasteiger partial charge < -0.3 is 10.0 Å². The molecule has 1 heterocycles. The Morgan fingerprint density at radius 2 is 2.28 bits per heavy atom. The van der Waals surface area contributed by atoms with Crippen LogP contribution in [0.5, 0.6) is 0 Å². The van der Waals surface area contributed by atoms with Crippen LogP contribution in [0, 0.1) is 12.3 Å². The molecule has 0 spiro atoms. The number of nitrogens with zero attached hydrogens (tertiary/aromatic N) is 1. The molecule has 0 bridgehead atoms. The lowest BCUT2D eigenvalue weighted by molar-refractivity contribution is -0.137. The fourth-order valence-electron chi connectivity index (χ4n) is 2.06. The zero-order chi connectivity index (χ0) is 13.1. The van der Waals surface area contributed by atoms with E-state index in [1.807, 2.05) is 6.07 Å². The van der Waals surface area contributed by atoms with Gasteiger partial charge in [0, 0.05) is 4.88 Å². The second kappa shape index (κ2) is 5.23. The molecule has 0 saturated carbocycles. The van der Waals surface area contributed by atoms with Crippen molar-refractivity contribution in [3.63, 3.8) is 0 Å². The quantitative estimate of drug-likeness (QED) is 0.835. The first-order valence-electron chi connectivity index (χ1n) is 5.68. The van der Waals surface area contributed by atoms with Gasteiger partial charge in [-0.25, -0.2) is 0 Å². The predicted octanol–water partition coefficient (Wildman–Crippen LogP) is 1.40. The van der Waals surface area contributed by atoms with E-state index in [2.05, 4.69) is 5.92 Å². The number of amides is 1. The van der Waals surface area contributed by atoms with Gasteiger partial charge in [0.25, 0.3) is 5.91 Å². The van der Waals surface area contributed by atoms with Gasteiger partial charge >= 0.3 is 5.97 Å². The molecule has 0 fully saturated rings. The highest BCUT2D eigenvalue weighted by atomic mass is 32.1. The number of carbonyl (C=O) groups is 2. The molecule has 1 amide bonds. The van der Waals surface area contributed by atoms with Gasteiger partial charge in [-0.1, -0.05) is 5.92 Å². The van der Waals surface area contributed by atoms with Crippen molar-refractivity contribution in [1.29, 1.82) is 0 Å². The fourth-order valence-corrected chi connectivity index (χ4v) is 3.28. The minimum Gasteiger partial charge on any atom is -0.480 e. The van der Waals surface area contributed by atoms with E-state index in [1.165, 1.54) is 26.7 Å². The third-order valence-electron chi connectivity index (χ3n) is 2.85. The minimum absolute atomic E-state index is 0.0215. The molecule has 0 radical (unpaired) electrons. The maximum atomic E-state index is 12.2. The van der Waals surface area contributed by atoms with Gasteiger partial charge in [-0.05, 0) is 30.9 Å². The summed E-state index contributed by atoms with van der Waals surface area (Å²) in [5.74, 6) is 0.984. The monoisotopic (exact) mass is 263 g/mol. The Morgan fingerprint density at radius 3 is 2.89 bits per heavy atom. The van der Waals surface area contributed by atoms with Crippen molar-refractivity contribution in [3.05, 3.63) is 21.4 Å². The summed E-state index contributed by atoms with van der Waals surface area (Å²) in [7, 11) is 0. The first kappa shape index (κ1) is 12.7. The Hall–Kier alpha value is -1.80. The molecule has 5 heteroatoms. The van der Waals surface area contributed by atoms with Crippen LogP contribution in [0.4, 0.5) is 0 Å². The summed E-state index contributed by atoms with van der Waals surface area (Å²) >= 11 is 1.46. The second-order valence-electron chi connectivity index (χ2n) is 4.17. The fraction of sp³-hybridized carbons (Fsp3) is 0.385. The molecule has 0 aliphatic heterocycles. The summed E-state index contributed by atoms with van der Waals surface area (Å²) in [6.45, 7) is -0.334. The predicted molar refractivity (Wildman–Crippen MR) is 68.7 cm³/mol. The highest BCUT2D eigenvalue weighted by molar-refractivity contribution is 7.14. The lowest BCUT2D eigenvalue weighted by atomic mass is 10.2. The SMILES string of the molecule is C#CCN(CC(=O)O)C(=O)c1cc2c(s1)CCC2. The molecule has 1 aliphatic rings. The lowest BCUT2D eigenvalue weighted by Crippen LogP contribution is -2.35. The van der Waals surface area contributed by atoms with Crippen LogP contribution in [-0.2, 0) is 17.6 Å². The number of thiophene rings is 1. The third kappa shape index (κ3) is 2.54. The van der Waals surface area contributed by atoms with Crippen LogP contribution in [0.3, 0.4) is 0 Å². The molecule has 1 aromatic heterocycles. The van der Waals surface area contributed by atoms with Crippen LogP contribution in [0.15, 0.2) is 6.07 Å². The Balaban J connectivity index is 2.17. The van der Waals surface area contributed by atoms with Crippen molar-refractivity contribution in [2.75, 3.05) is 13.1 Å². The van der Waals surface area contributed by atoms with E-state index < -0.39 is 5.97 Å². The van der Waals surface area contributed by atoms with Crippen LogP contribution in [0.2, 0.25) is 0 Å². The molecule has 0 saturated heterocycles. The number of carboxylic acid groups (broad SMARTS) is 1. The zero-order valence-corrected chi connectivity index (χ0v) is 10.6. The third-order valence-corrected chi connectivity index (χ3v) is 4.08. The number of aliphatic carboxylic acids is 1. The standard InChI is InChI=1S/C13H13NO3S/c1-2-6-14(8-12(15)16)13(17)11-7-9-4-3-5-10(9)18-11/h1,7H,3-6,8H2,(H,15,16). The Kier molecular flexibility index (Phi) is 3.68. The first-order valence-corrected chi connectivity index (χ1v) is 6.49. The molecule has 0 aromatic carbocycles. The molecule has 18 heavy (non-hydrogen) atoms. The average molecular weight is 263 g/mol. The van der Waals surface area contributed by atoms with Crippen molar-refractivity contribution in [2.24, 2.45) is 0 Å². The van der Waals surface area contributed by atoms with E-state index in [0.717, 1.165) is 19.3 Å². The number of terminal acetylenes is 1. The largest absolute Gasteiger partial charge is 0.480 e. The average Bonchev–Trinajstić information content (AvgIpc) is 2.86. The topological polar surface area (TPSA) is 57.6 Å². The number of aryl methyl sites for hydroxylation is 2. The van der Waals surface area contributed by atoms with E-state index in [1.54, 1.807) is 0 Å². The lowest BCUT2D eigenvalue weighted by Gasteiger charge is -2.16. The van der Waals surface area contributed by atoms with Crippen molar-refractivity contribution in [2.45, 2.75) is 19.3 Å². The van der Waals surface area contributed by atoms with Crippen molar-refractivity contribution < 1.29 is 14.7 Å². The molecular formula is C13H13NO3S. The van der Waals surface area contributed by atoms with E-state index in [9.17, 15) is 9.59 Å². The van der Waals surface area contributed by atoms with Crippen LogP contribution in [-0.4, -0.2) is 35.0 Å². The number of hydrogen-bond donors (Lipinski definition) is 1. The van der Waals surface area contributed by atoms with Gasteiger partial charge in [0.15, 0.2) is 0 Å². The molecule has 1 aliphatic carbocycles. The molecule has 0 unspecified atom stereocenters. The van der Waals surface area contributed by atoms with E-state index in [0.29, 0.717) is 4.88 Å². The number of carboxylic acids is 1. The Morgan fingerprint density at radius 1 is 1.50 bits per heavy atom.